The number of fused-ring (bicyclic) bond motifs is 3. The van der Waals surface area contributed by atoms with E-state index in [0.29, 0.717) is 11.3 Å². The summed E-state index contributed by atoms with van der Waals surface area (Å²) < 4.78 is 15.8. The molecule has 10 heteroatoms. The molecule has 8 nitrogen and oxygen atoms in total. The molecule has 0 saturated carbocycles. The zero-order valence-corrected chi connectivity index (χ0v) is 21.9. The molecule has 0 spiro atoms. The summed E-state index contributed by atoms with van der Waals surface area (Å²) in [6, 6.07) is 20.1. The number of rotatable bonds is 6. The molecule has 0 saturated heterocycles. The molecular weight excluding hydrogens is 523 g/mol. The van der Waals surface area contributed by atoms with Gasteiger partial charge in [-0.2, -0.15) is 0 Å². The molecule has 1 aliphatic heterocycles. The molecule has 2 amide bonds. The minimum absolute atomic E-state index is 0.0515. The van der Waals surface area contributed by atoms with Crippen molar-refractivity contribution in [2.24, 2.45) is 0 Å². The van der Waals surface area contributed by atoms with Crippen molar-refractivity contribution < 1.29 is 18.9 Å². The van der Waals surface area contributed by atoms with E-state index < -0.39 is 28.7 Å². The van der Waals surface area contributed by atoms with Crippen LogP contribution in [0, 0.1) is 15.9 Å². The van der Waals surface area contributed by atoms with Gasteiger partial charge < -0.3 is 9.47 Å². The van der Waals surface area contributed by atoms with Gasteiger partial charge in [0.05, 0.1) is 22.0 Å². The van der Waals surface area contributed by atoms with Gasteiger partial charge in [0.1, 0.15) is 23.4 Å². The molecule has 3 aromatic carbocycles. The summed E-state index contributed by atoms with van der Waals surface area (Å²) in [5.74, 6) is -1.29. The highest BCUT2D eigenvalue weighted by molar-refractivity contribution is 6.32. The number of nitrogens with zero attached hydrogens (tertiary/aromatic N) is 4. The van der Waals surface area contributed by atoms with Crippen LogP contribution in [0.4, 0.5) is 15.8 Å². The largest absolute Gasteiger partial charge is 0.327 e. The monoisotopic (exact) mass is 546 g/mol. The molecule has 0 bridgehead atoms. The van der Waals surface area contributed by atoms with Crippen LogP contribution in [0.25, 0.3) is 5.69 Å². The summed E-state index contributed by atoms with van der Waals surface area (Å²) in [7, 11) is 0. The minimum atomic E-state index is -0.656. The Morgan fingerprint density at radius 3 is 2.38 bits per heavy atom. The third kappa shape index (κ3) is 4.77. The average molecular weight is 547 g/mol. The first-order valence-electron chi connectivity index (χ1n) is 12.3. The van der Waals surface area contributed by atoms with E-state index in [-0.39, 0.29) is 28.7 Å². The summed E-state index contributed by atoms with van der Waals surface area (Å²) in [4.78, 5) is 41.4. The second-order valence-corrected chi connectivity index (χ2v) is 9.87. The summed E-state index contributed by atoms with van der Waals surface area (Å²) >= 11 is 5.93. The molecule has 1 aliphatic rings. The molecular formula is C29H24ClFN4O4. The van der Waals surface area contributed by atoms with Gasteiger partial charge in [-0.3, -0.25) is 24.6 Å². The highest BCUT2D eigenvalue weighted by Crippen LogP contribution is 2.42. The molecule has 198 valence electrons. The summed E-state index contributed by atoms with van der Waals surface area (Å²) in [5.41, 5.74) is 2.60. The Morgan fingerprint density at radius 1 is 1.03 bits per heavy atom. The number of amides is 2. The minimum Gasteiger partial charge on any atom is -0.327 e. The maximum Gasteiger partial charge on any atom is 0.288 e. The zero-order valence-electron chi connectivity index (χ0n) is 21.1. The van der Waals surface area contributed by atoms with Gasteiger partial charge in [0.2, 0.25) is 5.91 Å². The molecule has 2 heterocycles. The first-order chi connectivity index (χ1) is 18.7. The fraction of sp³-hybridized carbons (Fsp3) is 0.172. The Morgan fingerprint density at radius 2 is 1.72 bits per heavy atom. The number of nitro groups is 1. The maximum absolute atomic E-state index is 14.1. The van der Waals surface area contributed by atoms with Gasteiger partial charge in [-0.1, -0.05) is 35.9 Å². The number of hydrogen-bond acceptors (Lipinski definition) is 4. The van der Waals surface area contributed by atoms with E-state index in [2.05, 4.69) is 0 Å². The number of hydrogen-bond donors (Lipinski definition) is 0. The molecule has 0 N–H and O–H groups in total. The topological polar surface area (TPSA) is 88.7 Å². The van der Waals surface area contributed by atoms with Gasteiger partial charge in [-0.05, 0) is 67.9 Å². The third-order valence-corrected chi connectivity index (χ3v) is 7.07. The van der Waals surface area contributed by atoms with E-state index in [9.17, 15) is 24.1 Å². The lowest BCUT2D eigenvalue weighted by Gasteiger charge is -2.40. The predicted molar refractivity (Wildman–Crippen MR) is 146 cm³/mol. The summed E-state index contributed by atoms with van der Waals surface area (Å²) in [6.07, 6.45) is 1.91. The Hall–Kier alpha value is -4.50. The van der Waals surface area contributed by atoms with Crippen molar-refractivity contribution in [1.82, 2.24) is 9.47 Å². The fourth-order valence-corrected chi connectivity index (χ4v) is 5.07. The third-order valence-electron chi connectivity index (χ3n) is 6.75. The van der Waals surface area contributed by atoms with E-state index in [1.54, 1.807) is 30.9 Å². The van der Waals surface area contributed by atoms with E-state index in [1.165, 1.54) is 29.2 Å². The number of nitro benzene ring substituents is 1. The Kier molecular flexibility index (Phi) is 6.93. The van der Waals surface area contributed by atoms with Crippen LogP contribution >= 0.6 is 11.6 Å². The molecule has 0 radical (unpaired) electrons. The first kappa shape index (κ1) is 26.1. The summed E-state index contributed by atoms with van der Waals surface area (Å²) in [6.45, 7) is 3.24. The van der Waals surface area contributed by atoms with E-state index >= 15 is 0 Å². The lowest BCUT2D eigenvalue weighted by molar-refractivity contribution is -0.384. The van der Waals surface area contributed by atoms with Crippen LogP contribution in [0.5, 0.6) is 0 Å². The van der Waals surface area contributed by atoms with Crippen molar-refractivity contribution in [1.29, 1.82) is 0 Å². The second-order valence-electron chi connectivity index (χ2n) is 9.46. The Balaban J connectivity index is 1.56. The van der Waals surface area contributed by atoms with Crippen LogP contribution in [0.3, 0.4) is 0 Å². The number of para-hydroxylation sites is 2. The molecule has 0 aliphatic carbocycles. The fourth-order valence-electron chi connectivity index (χ4n) is 4.88. The van der Waals surface area contributed by atoms with Gasteiger partial charge in [0, 0.05) is 23.9 Å². The predicted octanol–water partition coefficient (Wildman–Crippen LogP) is 6.16. The van der Waals surface area contributed by atoms with Gasteiger partial charge in [0.25, 0.3) is 11.6 Å². The van der Waals surface area contributed by atoms with E-state index in [0.717, 1.165) is 17.4 Å². The van der Waals surface area contributed by atoms with Crippen LogP contribution in [0.2, 0.25) is 5.02 Å². The SMILES string of the molecule is CC(C)N(CC(=O)N1c2ccccc2-n2cccc2C1c1ccc(F)cc1)C(=O)c1ccc(Cl)c([N+](=O)[O-])c1. The van der Waals surface area contributed by atoms with E-state index in [4.69, 9.17) is 11.6 Å². The molecule has 1 atom stereocenters. The molecule has 0 fully saturated rings. The van der Waals surface area contributed by atoms with Crippen LogP contribution in [-0.2, 0) is 4.79 Å². The zero-order chi connectivity index (χ0) is 27.8. The second kappa shape index (κ2) is 10.3. The molecule has 5 rings (SSSR count). The van der Waals surface area contributed by atoms with Gasteiger partial charge in [-0.25, -0.2) is 4.39 Å². The maximum atomic E-state index is 14.1. The van der Waals surface area contributed by atoms with Crippen LogP contribution in [0.1, 0.15) is 41.5 Å². The lowest BCUT2D eigenvalue weighted by atomic mass is 9.97. The van der Waals surface area contributed by atoms with Crippen molar-refractivity contribution in [3.8, 4) is 5.69 Å². The highest BCUT2D eigenvalue weighted by atomic mass is 35.5. The standard InChI is InChI=1S/C29H24ClFN4O4/c1-18(2)33(29(37)20-11-14-22(30)26(16-20)35(38)39)17-27(36)34-24-7-4-3-6-23(24)32-15-5-8-25(32)28(34)19-9-12-21(31)13-10-19/h3-16,18,28H,17H2,1-2H3. The van der Waals surface area contributed by atoms with Crippen LogP contribution in [0.15, 0.2) is 85.1 Å². The first-order valence-corrected chi connectivity index (χ1v) is 12.6. The Labute approximate surface area is 229 Å². The number of halogens is 2. The van der Waals surface area contributed by atoms with Crippen LogP contribution in [-0.4, -0.2) is 38.8 Å². The highest BCUT2D eigenvalue weighted by Gasteiger charge is 2.37. The number of aromatic nitrogens is 1. The number of carbonyl (C=O) groups is 2. The smallest absolute Gasteiger partial charge is 0.288 e. The number of anilines is 1. The normalized spacial score (nSPS) is 14.1. The van der Waals surface area contributed by atoms with Gasteiger partial charge >= 0.3 is 0 Å². The number of benzene rings is 3. The summed E-state index contributed by atoms with van der Waals surface area (Å²) in [5, 5.41) is 11.3. The van der Waals surface area contributed by atoms with Crippen molar-refractivity contribution in [2.75, 3.05) is 11.4 Å². The van der Waals surface area contributed by atoms with Crippen molar-refractivity contribution >= 4 is 34.8 Å². The molecule has 1 aromatic heterocycles. The van der Waals surface area contributed by atoms with Crippen molar-refractivity contribution in [3.05, 3.63) is 123 Å². The van der Waals surface area contributed by atoms with E-state index in [1.807, 2.05) is 47.2 Å². The van der Waals surface area contributed by atoms with Gasteiger partial charge in [-0.15, -0.1) is 0 Å². The van der Waals surface area contributed by atoms with Crippen LogP contribution < -0.4 is 4.90 Å². The van der Waals surface area contributed by atoms with Gasteiger partial charge in [0.15, 0.2) is 0 Å². The molecule has 4 aromatic rings. The molecule has 39 heavy (non-hydrogen) atoms. The average Bonchev–Trinajstić information content (AvgIpc) is 3.41. The lowest BCUT2D eigenvalue weighted by Crippen LogP contribution is -2.48. The Bertz CT molecular complexity index is 1580. The quantitative estimate of drug-likeness (QED) is 0.214. The van der Waals surface area contributed by atoms with Crippen molar-refractivity contribution in [2.45, 2.75) is 25.9 Å². The molecule has 1 unspecified atom stereocenters. The van der Waals surface area contributed by atoms with Crippen molar-refractivity contribution in [3.63, 3.8) is 0 Å². The number of carbonyl (C=O) groups excluding carboxylic acids is 2.